The number of ketones is 1. The zero-order valence-corrected chi connectivity index (χ0v) is 20.5. The predicted octanol–water partition coefficient (Wildman–Crippen LogP) is 4.69. The van der Waals surface area contributed by atoms with E-state index in [0.717, 1.165) is 23.1 Å². The summed E-state index contributed by atoms with van der Waals surface area (Å²) in [5.41, 5.74) is 9.04. The standard InChI is InChI=1S/C29H34N4O2/c1-29(18-23-5-3-2-4-6-23)27(35)33(28(31)32-29)20-25-13-7-21(8-14-25)15-16-26(34)17-22-9-11-24(19-30)12-10-22/h7-14,23H,2-6,15-18,20H2,1H3,(H2,31,32). The number of benzene rings is 2. The van der Waals surface area contributed by atoms with Crippen LogP contribution in [0.2, 0.25) is 0 Å². The minimum Gasteiger partial charge on any atom is -0.369 e. The Balaban J connectivity index is 1.28. The van der Waals surface area contributed by atoms with Crippen molar-refractivity contribution in [2.75, 3.05) is 0 Å². The Morgan fingerprint density at radius 3 is 2.34 bits per heavy atom. The van der Waals surface area contributed by atoms with E-state index in [2.05, 4.69) is 11.1 Å². The van der Waals surface area contributed by atoms with Gasteiger partial charge in [-0.05, 0) is 54.5 Å². The highest BCUT2D eigenvalue weighted by Gasteiger charge is 2.45. The number of nitrogens with two attached hydrogens (primary N) is 1. The average Bonchev–Trinajstić information content (AvgIpc) is 3.07. The Morgan fingerprint density at radius 1 is 1.06 bits per heavy atom. The highest BCUT2D eigenvalue weighted by Crippen LogP contribution is 2.35. The van der Waals surface area contributed by atoms with Crippen molar-refractivity contribution in [1.82, 2.24) is 4.90 Å². The van der Waals surface area contributed by atoms with Crippen LogP contribution in [-0.4, -0.2) is 28.1 Å². The summed E-state index contributed by atoms with van der Waals surface area (Å²) in [6.07, 6.45) is 8.41. The molecule has 1 aliphatic heterocycles. The van der Waals surface area contributed by atoms with Crippen molar-refractivity contribution in [2.24, 2.45) is 16.6 Å². The van der Waals surface area contributed by atoms with Crippen LogP contribution in [-0.2, 0) is 29.0 Å². The first-order valence-electron chi connectivity index (χ1n) is 12.6. The van der Waals surface area contributed by atoms with Crippen LogP contribution >= 0.6 is 0 Å². The van der Waals surface area contributed by atoms with Gasteiger partial charge in [-0.3, -0.25) is 14.5 Å². The quantitative estimate of drug-likeness (QED) is 0.575. The molecule has 2 N–H and O–H groups in total. The first kappa shape index (κ1) is 24.7. The second-order valence-electron chi connectivity index (χ2n) is 10.2. The molecule has 1 amide bonds. The van der Waals surface area contributed by atoms with Crippen LogP contribution in [0.25, 0.3) is 0 Å². The molecule has 2 aliphatic rings. The third kappa shape index (κ3) is 6.16. The normalized spacial score (nSPS) is 20.5. The second kappa shape index (κ2) is 10.9. The first-order chi connectivity index (χ1) is 16.9. The van der Waals surface area contributed by atoms with Crippen molar-refractivity contribution in [3.63, 3.8) is 0 Å². The molecule has 1 heterocycles. The molecule has 2 aromatic carbocycles. The van der Waals surface area contributed by atoms with Gasteiger partial charge in [0, 0.05) is 12.8 Å². The van der Waals surface area contributed by atoms with E-state index in [0.29, 0.717) is 43.2 Å². The maximum absolute atomic E-state index is 13.2. The minimum absolute atomic E-state index is 0.00181. The molecule has 1 unspecified atom stereocenters. The number of amides is 1. The summed E-state index contributed by atoms with van der Waals surface area (Å²) in [4.78, 5) is 31.8. The Labute approximate surface area is 207 Å². The van der Waals surface area contributed by atoms with Gasteiger partial charge in [0.25, 0.3) is 5.91 Å². The number of hydrogen-bond acceptors (Lipinski definition) is 5. The smallest absolute Gasteiger partial charge is 0.257 e. The molecule has 6 nitrogen and oxygen atoms in total. The van der Waals surface area contributed by atoms with E-state index in [1.165, 1.54) is 32.1 Å². The lowest BCUT2D eigenvalue weighted by molar-refractivity contribution is -0.131. The molecular formula is C29H34N4O2. The van der Waals surface area contributed by atoms with Crippen molar-refractivity contribution >= 4 is 17.6 Å². The SMILES string of the molecule is CC1(CC2CCCCC2)N=C(N)N(Cc2ccc(CCC(=O)Cc3ccc(C#N)cc3)cc2)C1=O. The molecule has 6 heteroatoms. The number of carbonyl (C=O) groups excluding carboxylic acids is 2. The molecule has 0 spiro atoms. The predicted molar refractivity (Wildman–Crippen MR) is 136 cm³/mol. The van der Waals surface area contributed by atoms with Gasteiger partial charge in [0.15, 0.2) is 5.96 Å². The van der Waals surface area contributed by atoms with Crippen LogP contribution in [0.4, 0.5) is 0 Å². The van der Waals surface area contributed by atoms with Crippen molar-refractivity contribution in [1.29, 1.82) is 5.26 Å². The van der Waals surface area contributed by atoms with Gasteiger partial charge in [-0.15, -0.1) is 0 Å². The lowest BCUT2D eigenvalue weighted by Crippen LogP contribution is -2.43. The van der Waals surface area contributed by atoms with E-state index in [1.54, 1.807) is 17.0 Å². The second-order valence-corrected chi connectivity index (χ2v) is 10.2. The number of nitrogens with zero attached hydrogens (tertiary/aromatic N) is 3. The van der Waals surface area contributed by atoms with E-state index in [1.807, 2.05) is 43.3 Å². The van der Waals surface area contributed by atoms with Crippen molar-refractivity contribution < 1.29 is 9.59 Å². The summed E-state index contributed by atoms with van der Waals surface area (Å²) in [6.45, 7) is 2.33. The number of aryl methyl sites for hydroxylation is 1. The number of hydrogen-bond donors (Lipinski definition) is 1. The maximum Gasteiger partial charge on any atom is 0.257 e. The van der Waals surface area contributed by atoms with Crippen LogP contribution in [0.1, 0.15) is 74.1 Å². The summed E-state index contributed by atoms with van der Waals surface area (Å²) in [7, 11) is 0. The molecule has 2 aromatic rings. The van der Waals surface area contributed by atoms with Gasteiger partial charge in [-0.1, -0.05) is 68.5 Å². The first-order valence-corrected chi connectivity index (χ1v) is 12.6. The molecule has 1 aliphatic carbocycles. The van der Waals surface area contributed by atoms with Gasteiger partial charge in [0.05, 0.1) is 18.2 Å². The van der Waals surface area contributed by atoms with E-state index >= 15 is 0 Å². The molecule has 35 heavy (non-hydrogen) atoms. The minimum atomic E-state index is -0.749. The van der Waals surface area contributed by atoms with Gasteiger partial charge in [0.1, 0.15) is 11.3 Å². The van der Waals surface area contributed by atoms with Crippen molar-refractivity contribution in [3.05, 3.63) is 70.8 Å². The van der Waals surface area contributed by atoms with Gasteiger partial charge < -0.3 is 5.73 Å². The number of carbonyl (C=O) groups is 2. The fourth-order valence-corrected chi connectivity index (χ4v) is 5.29. The fraction of sp³-hybridized carbons (Fsp3) is 0.448. The largest absolute Gasteiger partial charge is 0.369 e. The van der Waals surface area contributed by atoms with E-state index in [-0.39, 0.29) is 11.7 Å². The molecule has 1 saturated carbocycles. The molecule has 1 atom stereocenters. The molecule has 0 bridgehead atoms. The fourth-order valence-electron chi connectivity index (χ4n) is 5.29. The van der Waals surface area contributed by atoms with Crippen molar-refractivity contribution in [3.8, 4) is 6.07 Å². The van der Waals surface area contributed by atoms with Crippen LogP contribution in [0.5, 0.6) is 0 Å². The van der Waals surface area contributed by atoms with E-state index in [9.17, 15) is 9.59 Å². The number of Topliss-reactive ketones (excluding diaryl/α,β-unsaturated/α-hetero) is 1. The molecule has 0 aromatic heterocycles. The number of guanidine groups is 1. The Bertz CT molecular complexity index is 1120. The summed E-state index contributed by atoms with van der Waals surface area (Å²) in [5, 5.41) is 8.88. The molecular weight excluding hydrogens is 436 g/mol. The highest BCUT2D eigenvalue weighted by atomic mass is 16.2. The van der Waals surface area contributed by atoms with E-state index in [4.69, 9.17) is 11.0 Å². The number of rotatable bonds is 9. The van der Waals surface area contributed by atoms with E-state index < -0.39 is 5.54 Å². The summed E-state index contributed by atoms with van der Waals surface area (Å²) in [6, 6.07) is 17.3. The zero-order chi connectivity index (χ0) is 24.8. The summed E-state index contributed by atoms with van der Waals surface area (Å²) < 4.78 is 0. The summed E-state index contributed by atoms with van der Waals surface area (Å²) >= 11 is 0. The van der Waals surface area contributed by atoms with Gasteiger partial charge in [-0.2, -0.15) is 5.26 Å². The lowest BCUT2D eigenvalue weighted by Gasteiger charge is -2.29. The van der Waals surface area contributed by atoms with Gasteiger partial charge in [0.2, 0.25) is 0 Å². The molecule has 182 valence electrons. The zero-order valence-electron chi connectivity index (χ0n) is 20.5. The Hall–Kier alpha value is -3.46. The maximum atomic E-state index is 13.2. The Kier molecular flexibility index (Phi) is 7.65. The van der Waals surface area contributed by atoms with Crippen LogP contribution in [0.15, 0.2) is 53.5 Å². The van der Waals surface area contributed by atoms with Gasteiger partial charge >= 0.3 is 0 Å². The van der Waals surface area contributed by atoms with Crippen molar-refractivity contribution in [2.45, 2.75) is 76.8 Å². The van der Waals surface area contributed by atoms with Crippen LogP contribution in [0.3, 0.4) is 0 Å². The number of aliphatic imine (C=N–C) groups is 1. The third-order valence-corrected chi connectivity index (χ3v) is 7.30. The highest BCUT2D eigenvalue weighted by molar-refractivity contribution is 6.06. The third-order valence-electron chi connectivity index (χ3n) is 7.30. The molecule has 0 radical (unpaired) electrons. The average molecular weight is 471 g/mol. The van der Waals surface area contributed by atoms with Gasteiger partial charge in [-0.25, -0.2) is 4.99 Å². The molecule has 0 saturated heterocycles. The summed E-state index contributed by atoms with van der Waals surface area (Å²) in [5.74, 6) is 1.03. The number of nitriles is 1. The monoisotopic (exact) mass is 470 g/mol. The molecule has 4 rings (SSSR count). The topological polar surface area (TPSA) is 99.5 Å². The van der Waals surface area contributed by atoms with Crippen LogP contribution < -0.4 is 5.73 Å². The van der Waals surface area contributed by atoms with Crippen LogP contribution in [0, 0.1) is 17.2 Å². The lowest BCUT2D eigenvalue weighted by atomic mass is 9.80. The molecule has 1 fully saturated rings. The Morgan fingerprint density at radius 2 is 1.69 bits per heavy atom.